The van der Waals surface area contributed by atoms with Gasteiger partial charge < -0.3 is 25.6 Å². The molecule has 0 radical (unpaired) electrons. The maximum absolute atomic E-state index is 12.2. The van der Waals surface area contributed by atoms with E-state index in [1.807, 2.05) is 0 Å². The van der Waals surface area contributed by atoms with E-state index < -0.39 is 25.0 Å². The second kappa shape index (κ2) is 10.5. The van der Waals surface area contributed by atoms with Gasteiger partial charge in [0.25, 0.3) is 0 Å². The van der Waals surface area contributed by atoms with Gasteiger partial charge in [0, 0.05) is 6.54 Å². The van der Waals surface area contributed by atoms with Crippen molar-refractivity contribution >= 4 is 13.1 Å². The molecule has 5 N–H and O–H groups in total. The Morgan fingerprint density at radius 3 is 2.27 bits per heavy atom. The van der Waals surface area contributed by atoms with Crippen LogP contribution in [-0.2, 0) is 11.3 Å². The van der Waals surface area contributed by atoms with Gasteiger partial charge >= 0.3 is 19.5 Å². The molecule has 168 valence electrons. The van der Waals surface area contributed by atoms with E-state index in [-0.39, 0.29) is 24.4 Å². The Kier molecular flexibility index (Phi) is 8.54. The van der Waals surface area contributed by atoms with Gasteiger partial charge in [0.05, 0.1) is 0 Å². The molecule has 0 bridgehead atoms. The Labute approximate surface area is 173 Å². The monoisotopic (exact) mass is 432 g/mol. The standard InChI is InChI=1S/C19H28BF3N2O5/c21-19(22,23)30-16-5-3-14(4-6-16)13-25-11-7-15(8-12-25)18(24,17(26)27)9-1-2-10-20(28)29/h3-6,15,28-29H,1-2,7-13,24H2,(H,26,27). The fourth-order valence-corrected chi connectivity index (χ4v) is 3.89. The lowest BCUT2D eigenvalue weighted by molar-refractivity contribution is -0.274. The lowest BCUT2D eigenvalue weighted by Gasteiger charge is -2.40. The first-order valence-electron chi connectivity index (χ1n) is 9.95. The van der Waals surface area contributed by atoms with Crippen molar-refractivity contribution in [3.05, 3.63) is 29.8 Å². The number of halogens is 3. The molecule has 11 heteroatoms. The molecule has 1 aromatic rings. The number of ether oxygens (including phenoxy) is 1. The Hall–Kier alpha value is -1.82. The van der Waals surface area contributed by atoms with Gasteiger partial charge in [-0.2, -0.15) is 0 Å². The first-order valence-corrected chi connectivity index (χ1v) is 9.95. The number of hydrogen-bond donors (Lipinski definition) is 4. The number of carboxylic acid groups (broad SMARTS) is 1. The number of rotatable bonds is 10. The first kappa shape index (κ1) is 24.5. The summed E-state index contributed by atoms with van der Waals surface area (Å²) in [6, 6.07) is 5.70. The summed E-state index contributed by atoms with van der Waals surface area (Å²) in [4.78, 5) is 13.9. The summed E-state index contributed by atoms with van der Waals surface area (Å²) in [5, 5.41) is 27.5. The number of carboxylic acids is 1. The minimum atomic E-state index is -4.72. The zero-order chi connectivity index (χ0) is 22.4. The number of nitrogens with zero attached hydrogens (tertiary/aromatic N) is 1. The van der Waals surface area contributed by atoms with Crippen molar-refractivity contribution in [1.29, 1.82) is 0 Å². The summed E-state index contributed by atoms with van der Waals surface area (Å²) >= 11 is 0. The molecule has 1 saturated heterocycles. The van der Waals surface area contributed by atoms with Crippen LogP contribution in [0.15, 0.2) is 24.3 Å². The number of unbranched alkanes of at least 4 members (excludes halogenated alkanes) is 1. The predicted octanol–water partition coefficient (Wildman–Crippen LogP) is 2.22. The van der Waals surface area contributed by atoms with Crippen molar-refractivity contribution in [2.45, 2.75) is 56.9 Å². The number of alkyl halides is 3. The van der Waals surface area contributed by atoms with Gasteiger partial charge in [-0.15, -0.1) is 13.2 Å². The molecule has 7 nitrogen and oxygen atoms in total. The van der Waals surface area contributed by atoms with Crippen molar-refractivity contribution in [2.75, 3.05) is 13.1 Å². The fraction of sp³-hybridized carbons (Fsp3) is 0.632. The maximum atomic E-state index is 12.2. The van der Waals surface area contributed by atoms with Gasteiger partial charge in [0.15, 0.2) is 0 Å². The molecule has 1 aromatic carbocycles. The number of aliphatic carboxylic acids is 1. The average Bonchev–Trinajstić information content (AvgIpc) is 2.66. The van der Waals surface area contributed by atoms with E-state index in [1.165, 1.54) is 12.1 Å². The predicted molar refractivity (Wildman–Crippen MR) is 105 cm³/mol. The quantitative estimate of drug-likeness (QED) is 0.331. The third-order valence-electron chi connectivity index (χ3n) is 5.58. The lowest BCUT2D eigenvalue weighted by Crippen LogP contribution is -2.56. The van der Waals surface area contributed by atoms with Crippen molar-refractivity contribution in [2.24, 2.45) is 11.7 Å². The Balaban J connectivity index is 1.85. The van der Waals surface area contributed by atoms with Gasteiger partial charge in [0.2, 0.25) is 0 Å². The Morgan fingerprint density at radius 2 is 1.77 bits per heavy atom. The van der Waals surface area contributed by atoms with E-state index in [0.717, 1.165) is 5.56 Å². The molecule has 1 fully saturated rings. The molecular weight excluding hydrogens is 404 g/mol. The van der Waals surface area contributed by atoms with E-state index in [9.17, 15) is 23.1 Å². The van der Waals surface area contributed by atoms with E-state index in [2.05, 4.69) is 9.64 Å². The summed E-state index contributed by atoms with van der Waals surface area (Å²) in [6.07, 6.45) is -2.10. The average molecular weight is 432 g/mol. The highest BCUT2D eigenvalue weighted by molar-refractivity contribution is 6.40. The first-order chi connectivity index (χ1) is 14.0. The van der Waals surface area contributed by atoms with E-state index in [0.29, 0.717) is 45.3 Å². The lowest BCUT2D eigenvalue weighted by atomic mass is 9.74. The van der Waals surface area contributed by atoms with Gasteiger partial charge in [-0.25, -0.2) is 0 Å². The normalized spacial score (nSPS) is 18.1. The van der Waals surface area contributed by atoms with Crippen LogP contribution in [0.25, 0.3) is 0 Å². The number of likely N-dealkylation sites (tertiary alicyclic amines) is 1. The number of carbonyl (C=O) groups is 1. The molecule has 0 aliphatic carbocycles. The van der Waals surface area contributed by atoms with Crippen molar-refractivity contribution in [3.63, 3.8) is 0 Å². The van der Waals surface area contributed by atoms with Crippen LogP contribution in [0.4, 0.5) is 13.2 Å². The topological polar surface area (TPSA) is 116 Å². The largest absolute Gasteiger partial charge is 0.573 e. The van der Waals surface area contributed by atoms with Gasteiger partial charge in [-0.1, -0.05) is 25.0 Å². The third kappa shape index (κ3) is 7.46. The summed E-state index contributed by atoms with van der Waals surface area (Å²) < 4.78 is 40.6. The highest BCUT2D eigenvalue weighted by Gasteiger charge is 2.42. The van der Waals surface area contributed by atoms with Crippen molar-refractivity contribution in [3.8, 4) is 5.75 Å². The van der Waals surface area contributed by atoms with Crippen LogP contribution in [0.2, 0.25) is 6.32 Å². The summed E-state index contributed by atoms with van der Waals surface area (Å²) in [6.45, 7) is 1.80. The molecular formula is C19H28BF3N2O5. The summed E-state index contributed by atoms with van der Waals surface area (Å²) in [7, 11) is -1.40. The number of hydrogen-bond acceptors (Lipinski definition) is 6. The molecule has 1 atom stereocenters. The van der Waals surface area contributed by atoms with Gasteiger partial charge in [-0.3, -0.25) is 9.69 Å². The minimum absolute atomic E-state index is 0.181. The number of benzene rings is 1. The van der Waals surface area contributed by atoms with Crippen molar-refractivity contribution < 1.29 is 37.9 Å². The highest BCUT2D eigenvalue weighted by Crippen LogP contribution is 2.32. The van der Waals surface area contributed by atoms with E-state index in [1.54, 1.807) is 12.1 Å². The maximum Gasteiger partial charge on any atom is 0.573 e. The van der Waals surface area contributed by atoms with Crippen LogP contribution in [0.3, 0.4) is 0 Å². The van der Waals surface area contributed by atoms with Crippen LogP contribution < -0.4 is 10.5 Å². The summed E-state index contributed by atoms with van der Waals surface area (Å²) in [5.41, 5.74) is 5.73. The molecule has 0 saturated carbocycles. The number of piperidine rings is 1. The fourth-order valence-electron chi connectivity index (χ4n) is 3.89. The third-order valence-corrected chi connectivity index (χ3v) is 5.58. The Bertz CT molecular complexity index is 682. The molecule has 2 rings (SSSR count). The van der Waals surface area contributed by atoms with E-state index in [4.69, 9.17) is 15.8 Å². The summed E-state index contributed by atoms with van der Waals surface area (Å²) in [5.74, 6) is -1.52. The van der Waals surface area contributed by atoms with Crippen LogP contribution >= 0.6 is 0 Å². The molecule has 1 heterocycles. The molecule has 0 spiro atoms. The second-order valence-electron chi connectivity index (χ2n) is 7.81. The van der Waals surface area contributed by atoms with E-state index >= 15 is 0 Å². The smallest absolute Gasteiger partial charge is 0.480 e. The number of nitrogens with two attached hydrogens (primary N) is 1. The Morgan fingerprint density at radius 1 is 1.17 bits per heavy atom. The molecule has 30 heavy (non-hydrogen) atoms. The second-order valence-corrected chi connectivity index (χ2v) is 7.81. The van der Waals surface area contributed by atoms with Gasteiger partial charge in [-0.05, 0) is 62.3 Å². The molecule has 0 aromatic heterocycles. The van der Waals surface area contributed by atoms with Crippen LogP contribution in [-0.4, -0.2) is 58.1 Å². The van der Waals surface area contributed by atoms with Crippen LogP contribution in [0.5, 0.6) is 5.75 Å². The van der Waals surface area contributed by atoms with Crippen molar-refractivity contribution in [1.82, 2.24) is 4.90 Å². The molecule has 1 unspecified atom stereocenters. The van der Waals surface area contributed by atoms with Crippen LogP contribution in [0.1, 0.15) is 37.7 Å². The van der Waals surface area contributed by atoms with Crippen LogP contribution in [0, 0.1) is 5.92 Å². The molecule has 0 amide bonds. The minimum Gasteiger partial charge on any atom is -0.480 e. The van der Waals surface area contributed by atoms with Gasteiger partial charge in [0.1, 0.15) is 11.3 Å². The zero-order valence-corrected chi connectivity index (χ0v) is 16.6. The SMILES string of the molecule is NC(CCCCB(O)O)(C(=O)O)C1CCN(Cc2ccc(OC(F)(F)F)cc2)CC1. The molecule has 1 aliphatic heterocycles. The highest BCUT2D eigenvalue weighted by atomic mass is 19.4. The molecule has 1 aliphatic rings. The zero-order valence-electron chi connectivity index (χ0n) is 16.6.